The first-order chi connectivity index (χ1) is 10.5. The molecule has 2 aliphatic heterocycles. The van der Waals surface area contributed by atoms with Gasteiger partial charge in [0.25, 0.3) is 5.91 Å². The molecule has 6 nitrogen and oxygen atoms in total. The topological polar surface area (TPSA) is 61.8 Å². The molecule has 22 heavy (non-hydrogen) atoms. The number of carbonyl (C=O) groups is 1. The van der Waals surface area contributed by atoms with E-state index in [0.717, 1.165) is 17.4 Å². The Labute approximate surface area is 131 Å². The Hall–Kier alpha value is -1.95. The van der Waals surface area contributed by atoms with Gasteiger partial charge >= 0.3 is 0 Å². The highest BCUT2D eigenvalue weighted by Gasteiger charge is 2.25. The van der Waals surface area contributed by atoms with Gasteiger partial charge in [0.1, 0.15) is 0 Å². The normalized spacial score (nSPS) is 21.8. The summed E-state index contributed by atoms with van der Waals surface area (Å²) in [6.07, 6.45) is 9.99. The average molecular weight is 305 g/mol. The maximum absolute atomic E-state index is 12.1. The lowest BCUT2D eigenvalue weighted by molar-refractivity contribution is -0.897. The van der Waals surface area contributed by atoms with E-state index in [4.69, 9.17) is 0 Å². The highest BCUT2D eigenvalue weighted by Crippen LogP contribution is 2.17. The second kappa shape index (κ2) is 7.35. The molecule has 120 valence electrons. The summed E-state index contributed by atoms with van der Waals surface area (Å²) in [5.41, 5.74) is 1.25. The van der Waals surface area contributed by atoms with E-state index in [2.05, 4.69) is 17.5 Å². The molecule has 1 amide bonds. The number of nitrogens with zero attached hydrogens (tertiary/aromatic N) is 3. The van der Waals surface area contributed by atoms with Crippen LogP contribution >= 0.6 is 0 Å². The van der Waals surface area contributed by atoms with Gasteiger partial charge in [0.05, 0.1) is 44.2 Å². The Morgan fingerprint density at radius 3 is 2.77 bits per heavy atom. The molecule has 2 heterocycles. The number of nitrogens with one attached hydrogen (secondary N) is 1. The summed E-state index contributed by atoms with van der Waals surface area (Å²) in [4.78, 5) is 24.1. The molecule has 1 N–H and O–H groups in total. The molecular formula is C16H25N4O2+. The molecular weight excluding hydrogens is 280 g/mol. The van der Waals surface area contributed by atoms with Crippen molar-refractivity contribution in [3.63, 3.8) is 0 Å². The summed E-state index contributed by atoms with van der Waals surface area (Å²) in [7, 11) is 4.08. The number of hydrogen-bond acceptors (Lipinski definition) is 4. The van der Waals surface area contributed by atoms with E-state index in [1.54, 1.807) is 30.3 Å². The summed E-state index contributed by atoms with van der Waals surface area (Å²) in [5.74, 6) is -0.0784. The summed E-state index contributed by atoms with van der Waals surface area (Å²) >= 11 is 0. The lowest BCUT2D eigenvalue weighted by atomic mass is 10.1. The lowest BCUT2D eigenvalue weighted by Gasteiger charge is -2.29. The van der Waals surface area contributed by atoms with Gasteiger partial charge in [0.15, 0.2) is 0 Å². The minimum atomic E-state index is -0.0784. The number of amides is 1. The van der Waals surface area contributed by atoms with E-state index in [-0.39, 0.29) is 5.91 Å². The standard InChI is InChI=1S/C16H24N4O2/c1-19-13-14(6-7-15(19)12-18-22)16(21)17-8-5-11-20(2)9-3-4-10-20/h6-7,12-13H,3-5,8-11H2,1-2H3/p+1/b15-12+. The molecule has 0 aromatic rings. The van der Waals surface area contributed by atoms with Crippen molar-refractivity contribution in [3.05, 3.63) is 40.7 Å². The van der Waals surface area contributed by atoms with Gasteiger partial charge in [-0.3, -0.25) is 4.79 Å². The molecule has 2 aliphatic rings. The van der Waals surface area contributed by atoms with Crippen LogP contribution in [-0.2, 0) is 4.79 Å². The van der Waals surface area contributed by atoms with Gasteiger partial charge in [-0.15, -0.1) is 4.91 Å². The molecule has 0 unspecified atom stereocenters. The number of rotatable bonds is 6. The molecule has 0 aromatic carbocycles. The smallest absolute Gasteiger partial charge is 0.252 e. The van der Waals surface area contributed by atoms with E-state index >= 15 is 0 Å². The summed E-state index contributed by atoms with van der Waals surface area (Å²) in [6.45, 7) is 4.33. The zero-order chi connectivity index (χ0) is 16.0. The van der Waals surface area contributed by atoms with Crippen LogP contribution in [0, 0.1) is 4.91 Å². The third-order valence-corrected chi connectivity index (χ3v) is 4.43. The number of allylic oxidation sites excluding steroid dienone is 1. The Morgan fingerprint density at radius 1 is 1.41 bits per heavy atom. The van der Waals surface area contributed by atoms with Crippen molar-refractivity contribution in [2.75, 3.05) is 40.3 Å². The molecule has 1 saturated heterocycles. The Balaban J connectivity index is 1.76. The van der Waals surface area contributed by atoms with Gasteiger partial charge in [0, 0.05) is 39.1 Å². The third kappa shape index (κ3) is 4.27. The van der Waals surface area contributed by atoms with Crippen molar-refractivity contribution in [3.8, 4) is 0 Å². The van der Waals surface area contributed by atoms with Crippen LogP contribution in [0.5, 0.6) is 0 Å². The molecule has 1 fully saturated rings. The minimum absolute atomic E-state index is 0.0784. The van der Waals surface area contributed by atoms with Crippen LogP contribution in [0.2, 0.25) is 0 Å². The first kappa shape index (κ1) is 16.4. The van der Waals surface area contributed by atoms with Crippen LogP contribution in [0.3, 0.4) is 0 Å². The molecule has 0 atom stereocenters. The van der Waals surface area contributed by atoms with Gasteiger partial charge in [-0.1, -0.05) is 0 Å². The number of nitroso groups, excluding NO2 is 1. The molecule has 0 aliphatic carbocycles. The average Bonchev–Trinajstić information content (AvgIpc) is 2.93. The molecule has 0 bridgehead atoms. The molecule has 0 saturated carbocycles. The second-order valence-corrected chi connectivity index (χ2v) is 6.29. The highest BCUT2D eigenvalue weighted by molar-refractivity contribution is 5.96. The number of likely N-dealkylation sites (tertiary alicyclic amines) is 1. The van der Waals surface area contributed by atoms with Gasteiger partial charge in [-0.25, -0.2) is 0 Å². The van der Waals surface area contributed by atoms with E-state index < -0.39 is 0 Å². The molecule has 0 aromatic heterocycles. The first-order valence-electron chi connectivity index (χ1n) is 7.81. The van der Waals surface area contributed by atoms with Crippen LogP contribution in [0.15, 0.2) is 41.0 Å². The van der Waals surface area contributed by atoms with Gasteiger partial charge in [0.2, 0.25) is 0 Å². The maximum Gasteiger partial charge on any atom is 0.252 e. The summed E-state index contributed by atoms with van der Waals surface area (Å²) < 4.78 is 1.13. The van der Waals surface area contributed by atoms with Crippen LogP contribution in [-0.4, -0.2) is 55.6 Å². The van der Waals surface area contributed by atoms with Crippen LogP contribution < -0.4 is 5.32 Å². The van der Waals surface area contributed by atoms with Crippen LogP contribution in [0.25, 0.3) is 0 Å². The van der Waals surface area contributed by atoms with E-state index in [9.17, 15) is 9.70 Å². The summed E-state index contributed by atoms with van der Waals surface area (Å²) in [5, 5.41) is 5.71. The third-order valence-electron chi connectivity index (χ3n) is 4.43. The van der Waals surface area contributed by atoms with Gasteiger partial charge in [-0.2, -0.15) is 0 Å². The Morgan fingerprint density at radius 2 is 2.14 bits per heavy atom. The fourth-order valence-corrected chi connectivity index (χ4v) is 3.03. The monoisotopic (exact) mass is 305 g/mol. The number of likely N-dealkylation sites (N-methyl/N-ethyl adjacent to an activating group) is 1. The highest BCUT2D eigenvalue weighted by atomic mass is 16.2. The molecule has 0 spiro atoms. The van der Waals surface area contributed by atoms with Crippen LogP contribution in [0.4, 0.5) is 0 Å². The fourth-order valence-electron chi connectivity index (χ4n) is 3.03. The van der Waals surface area contributed by atoms with E-state index in [1.165, 1.54) is 32.1 Å². The number of quaternary nitrogens is 1. The van der Waals surface area contributed by atoms with Crippen molar-refractivity contribution < 1.29 is 9.28 Å². The first-order valence-corrected chi connectivity index (χ1v) is 7.81. The SMILES string of the molecule is CN1C=C(C(=O)NCCC[N+]2(C)CCCC2)C=C/C1=C\N=O. The number of carbonyl (C=O) groups excluding carboxylic acids is 1. The van der Waals surface area contributed by atoms with Crippen molar-refractivity contribution in [2.45, 2.75) is 19.3 Å². The fraction of sp³-hybridized carbons (Fsp3) is 0.562. The zero-order valence-electron chi connectivity index (χ0n) is 13.4. The Kier molecular flexibility index (Phi) is 5.49. The predicted molar refractivity (Wildman–Crippen MR) is 86.5 cm³/mol. The van der Waals surface area contributed by atoms with Crippen molar-refractivity contribution in [1.29, 1.82) is 0 Å². The quantitative estimate of drug-likeness (QED) is 0.462. The second-order valence-electron chi connectivity index (χ2n) is 6.29. The molecule has 0 radical (unpaired) electrons. The minimum Gasteiger partial charge on any atom is -0.352 e. The van der Waals surface area contributed by atoms with E-state index in [0.29, 0.717) is 17.8 Å². The molecule has 2 rings (SSSR count). The van der Waals surface area contributed by atoms with Crippen molar-refractivity contribution in [2.24, 2.45) is 5.18 Å². The molecule has 6 heteroatoms. The largest absolute Gasteiger partial charge is 0.352 e. The lowest BCUT2D eigenvalue weighted by Crippen LogP contribution is -2.42. The maximum atomic E-state index is 12.1. The van der Waals surface area contributed by atoms with Crippen molar-refractivity contribution in [1.82, 2.24) is 10.2 Å². The number of hydrogen-bond donors (Lipinski definition) is 1. The van der Waals surface area contributed by atoms with Crippen LogP contribution in [0.1, 0.15) is 19.3 Å². The van der Waals surface area contributed by atoms with Crippen molar-refractivity contribution >= 4 is 5.91 Å². The van der Waals surface area contributed by atoms with Gasteiger partial charge < -0.3 is 14.7 Å². The summed E-state index contributed by atoms with van der Waals surface area (Å²) in [6, 6.07) is 0. The van der Waals surface area contributed by atoms with Gasteiger partial charge in [-0.05, 0) is 17.3 Å². The predicted octanol–water partition coefficient (Wildman–Crippen LogP) is 1.73. The Bertz CT molecular complexity index is 516. The zero-order valence-corrected chi connectivity index (χ0v) is 13.4. The van der Waals surface area contributed by atoms with E-state index in [1.807, 2.05) is 0 Å².